The van der Waals surface area contributed by atoms with E-state index in [9.17, 15) is 13.2 Å². The van der Waals surface area contributed by atoms with Crippen molar-refractivity contribution in [1.29, 1.82) is 0 Å². The summed E-state index contributed by atoms with van der Waals surface area (Å²) < 4.78 is 33.9. The summed E-state index contributed by atoms with van der Waals surface area (Å²) in [7, 11) is -3.62. The summed E-state index contributed by atoms with van der Waals surface area (Å²) in [6.07, 6.45) is 4.27. The Kier molecular flexibility index (Phi) is 7.67. The lowest BCUT2D eigenvalue weighted by atomic mass is 9.86. The number of rotatable bonds is 8. The van der Waals surface area contributed by atoms with Crippen LogP contribution >= 0.6 is 0 Å². The number of hydrogen-bond acceptors (Lipinski definition) is 5. The third-order valence-corrected chi connectivity index (χ3v) is 7.18. The van der Waals surface area contributed by atoms with Crippen LogP contribution < -0.4 is 14.8 Å². The molecule has 1 saturated carbocycles. The van der Waals surface area contributed by atoms with Gasteiger partial charge < -0.3 is 10.1 Å². The molecule has 1 atom stereocenters. The van der Waals surface area contributed by atoms with Gasteiger partial charge in [0.1, 0.15) is 5.75 Å². The van der Waals surface area contributed by atoms with Crippen molar-refractivity contribution in [3.8, 4) is 5.75 Å². The van der Waals surface area contributed by atoms with Crippen LogP contribution in [0.2, 0.25) is 0 Å². The van der Waals surface area contributed by atoms with E-state index in [1.54, 1.807) is 24.4 Å². The minimum atomic E-state index is -3.62. The molecule has 0 bridgehead atoms. The molecule has 31 heavy (non-hydrogen) atoms. The van der Waals surface area contributed by atoms with Crippen molar-refractivity contribution in [3.05, 3.63) is 53.9 Å². The topological polar surface area (TPSA) is 97.4 Å². The molecule has 0 unspecified atom stereocenters. The Morgan fingerprint density at radius 3 is 2.55 bits per heavy atom. The molecule has 3 rings (SSSR count). The molecular formula is C23H31N3O4S. The van der Waals surface area contributed by atoms with E-state index < -0.39 is 10.0 Å². The molecule has 0 radical (unpaired) electrons. The van der Waals surface area contributed by atoms with Crippen LogP contribution in [-0.4, -0.2) is 32.0 Å². The number of carbonyl (C=O) groups is 1. The summed E-state index contributed by atoms with van der Waals surface area (Å²) in [6, 6.07) is 10.2. The van der Waals surface area contributed by atoms with Crippen LogP contribution in [0, 0.1) is 12.8 Å². The van der Waals surface area contributed by atoms with E-state index in [1.807, 2.05) is 39.0 Å². The first kappa shape index (κ1) is 23.2. The van der Waals surface area contributed by atoms with E-state index in [4.69, 9.17) is 4.74 Å². The molecule has 1 heterocycles. The second-order valence-electron chi connectivity index (χ2n) is 8.02. The Balaban J connectivity index is 1.53. The molecule has 1 aromatic heterocycles. The first-order valence-electron chi connectivity index (χ1n) is 10.8. The van der Waals surface area contributed by atoms with Crippen molar-refractivity contribution in [2.75, 3.05) is 6.61 Å². The number of hydrogen-bond donors (Lipinski definition) is 2. The van der Waals surface area contributed by atoms with E-state index >= 15 is 0 Å². The van der Waals surface area contributed by atoms with Crippen molar-refractivity contribution in [3.63, 3.8) is 0 Å². The van der Waals surface area contributed by atoms with E-state index in [1.165, 1.54) is 0 Å². The van der Waals surface area contributed by atoms with E-state index in [0.29, 0.717) is 38.0 Å². The predicted octanol–water partition coefficient (Wildman–Crippen LogP) is 3.50. The minimum absolute atomic E-state index is 0.00148. The normalized spacial score (nSPS) is 20.1. The van der Waals surface area contributed by atoms with Crippen molar-refractivity contribution < 1.29 is 17.9 Å². The molecule has 1 aliphatic carbocycles. The molecule has 1 amide bonds. The summed E-state index contributed by atoms with van der Waals surface area (Å²) in [5.74, 6) is 0.578. The van der Waals surface area contributed by atoms with Gasteiger partial charge in [-0.2, -0.15) is 0 Å². The molecule has 1 aliphatic rings. The molecule has 7 nitrogen and oxygen atoms in total. The molecule has 1 fully saturated rings. The highest BCUT2D eigenvalue weighted by Crippen LogP contribution is 2.27. The number of benzene rings is 1. The number of nitrogens with one attached hydrogen (secondary N) is 2. The predicted molar refractivity (Wildman–Crippen MR) is 119 cm³/mol. The second-order valence-corrected chi connectivity index (χ2v) is 9.73. The van der Waals surface area contributed by atoms with Gasteiger partial charge in [0.2, 0.25) is 15.9 Å². The molecule has 168 valence electrons. The van der Waals surface area contributed by atoms with E-state index in [0.717, 1.165) is 11.3 Å². The lowest BCUT2D eigenvalue weighted by Gasteiger charge is -2.29. The third-order valence-electron chi connectivity index (χ3n) is 5.67. The first-order valence-corrected chi connectivity index (χ1v) is 12.3. The zero-order chi connectivity index (χ0) is 22.4. The third kappa shape index (κ3) is 6.04. The van der Waals surface area contributed by atoms with Gasteiger partial charge in [-0.1, -0.05) is 6.07 Å². The Hall–Kier alpha value is -2.45. The van der Waals surface area contributed by atoms with Gasteiger partial charge in [0.05, 0.1) is 23.2 Å². The Morgan fingerprint density at radius 2 is 1.94 bits per heavy atom. The van der Waals surface area contributed by atoms with Gasteiger partial charge in [-0.15, -0.1) is 0 Å². The number of carbonyl (C=O) groups excluding carboxylic acids is 1. The summed E-state index contributed by atoms with van der Waals surface area (Å²) >= 11 is 0. The fourth-order valence-electron chi connectivity index (χ4n) is 3.90. The lowest BCUT2D eigenvalue weighted by molar-refractivity contribution is -0.126. The number of amides is 1. The van der Waals surface area contributed by atoms with Crippen LogP contribution in [-0.2, 0) is 14.8 Å². The number of sulfonamides is 1. The van der Waals surface area contributed by atoms with Gasteiger partial charge in [-0.05, 0) is 82.3 Å². The highest BCUT2D eigenvalue weighted by molar-refractivity contribution is 7.89. The molecule has 1 aromatic carbocycles. The monoisotopic (exact) mass is 445 g/mol. The van der Waals surface area contributed by atoms with Gasteiger partial charge in [0, 0.05) is 18.2 Å². The van der Waals surface area contributed by atoms with Crippen LogP contribution in [0.1, 0.15) is 56.8 Å². The summed E-state index contributed by atoms with van der Waals surface area (Å²) in [6.45, 7) is 6.17. The average Bonchev–Trinajstić information content (AvgIpc) is 2.76. The maximum Gasteiger partial charge on any atom is 0.240 e. The molecule has 0 aliphatic heterocycles. The van der Waals surface area contributed by atoms with Gasteiger partial charge in [0.15, 0.2) is 0 Å². The number of aromatic nitrogens is 1. The number of nitrogens with zero attached hydrogens (tertiary/aromatic N) is 1. The fraction of sp³-hybridized carbons (Fsp3) is 0.478. The first-order chi connectivity index (χ1) is 14.8. The standard InChI is InChI=1S/C23H31N3O4S/c1-4-30-22-13-12-20(15-16(22)2)31(28,29)26-19-10-8-18(9-11-19)23(27)25-17(3)21-7-5-6-14-24-21/h5-7,12-15,17-19,26H,4,8-11H2,1-3H3,(H,25,27)/t17-,18?,19?/m1/s1. The van der Waals surface area contributed by atoms with Crippen LogP contribution in [0.3, 0.4) is 0 Å². The number of ether oxygens (including phenoxy) is 1. The highest BCUT2D eigenvalue weighted by atomic mass is 32.2. The zero-order valence-electron chi connectivity index (χ0n) is 18.3. The number of pyridine rings is 1. The summed E-state index contributed by atoms with van der Waals surface area (Å²) in [5.41, 5.74) is 1.61. The summed E-state index contributed by atoms with van der Waals surface area (Å²) in [4.78, 5) is 17.1. The van der Waals surface area contributed by atoms with Gasteiger partial charge in [-0.25, -0.2) is 13.1 Å². The van der Waals surface area contributed by atoms with Crippen LogP contribution in [0.25, 0.3) is 0 Å². The quantitative estimate of drug-likeness (QED) is 0.648. The molecule has 2 aromatic rings. The largest absolute Gasteiger partial charge is 0.494 e. The maximum absolute atomic E-state index is 12.8. The van der Waals surface area contributed by atoms with Crippen LogP contribution in [0.4, 0.5) is 0 Å². The van der Waals surface area contributed by atoms with E-state index in [2.05, 4.69) is 15.0 Å². The van der Waals surface area contributed by atoms with Crippen molar-refractivity contribution in [2.24, 2.45) is 5.92 Å². The summed E-state index contributed by atoms with van der Waals surface area (Å²) in [5, 5.41) is 3.02. The molecule has 2 N–H and O–H groups in total. The second kappa shape index (κ2) is 10.2. The van der Waals surface area contributed by atoms with Crippen LogP contribution in [0.5, 0.6) is 5.75 Å². The smallest absolute Gasteiger partial charge is 0.240 e. The van der Waals surface area contributed by atoms with Crippen molar-refractivity contribution in [2.45, 2.75) is 63.4 Å². The van der Waals surface area contributed by atoms with Crippen molar-refractivity contribution >= 4 is 15.9 Å². The van der Waals surface area contributed by atoms with Gasteiger partial charge >= 0.3 is 0 Å². The average molecular weight is 446 g/mol. The van der Waals surface area contributed by atoms with Crippen LogP contribution in [0.15, 0.2) is 47.5 Å². The molecule has 0 saturated heterocycles. The van der Waals surface area contributed by atoms with Gasteiger partial charge in [-0.3, -0.25) is 9.78 Å². The number of aryl methyl sites for hydroxylation is 1. The Bertz CT molecular complexity index is 987. The molecule has 0 spiro atoms. The highest BCUT2D eigenvalue weighted by Gasteiger charge is 2.30. The van der Waals surface area contributed by atoms with Crippen molar-refractivity contribution in [1.82, 2.24) is 15.0 Å². The minimum Gasteiger partial charge on any atom is -0.494 e. The maximum atomic E-state index is 12.8. The van der Waals surface area contributed by atoms with E-state index in [-0.39, 0.29) is 28.8 Å². The van der Waals surface area contributed by atoms with Gasteiger partial charge in [0.25, 0.3) is 0 Å². The Morgan fingerprint density at radius 1 is 1.19 bits per heavy atom. The SMILES string of the molecule is CCOc1ccc(S(=O)(=O)NC2CCC(C(=O)N[C@H](C)c3ccccn3)CC2)cc1C. The lowest BCUT2D eigenvalue weighted by Crippen LogP contribution is -2.41. The molecule has 8 heteroatoms. The fourth-order valence-corrected chi connectivity index (χ4v) is 5.29. The molecular weight excluding hydrogens is 414 g/mol. The zero-order valence-corrected chi connectivity index (χ0v) is 19.1. The Labute approximate surface area is 184 Å².